The number of hydrogen-bond acceptors (Lipinski definition) is 4. The summed E-state index contributed by atoms with van der Waals surface area (Å²) in [5, 5.41) is 3.44. The summed E-state index contributed by atoms with van der Waals surface area (Å²) in [7, 11) is 1.81. The first-order valence-corrected chi connectivity index (χ1v) is 10.4. The van der Waals surface area contributed by atoms with Crippen LogP contribution in [0.5, 0.6) is 0 Å². The molecule has 0 aliphatic carbocycles. The van der Waals surface area contributed by atoms with E-state index in [1.165, 1.54) is 18.9 Å². The van der Waals surface area contributed by atoms with Gasteiger partial charge in [-0.15, -0.1) is 0 Å². The third-order valence-corrected chi connectivity index (χ3v) is 5.67. The van der Waals surface area contributed by atoms with Crippen molar-refractivity contribution in [1.82, 2.24) is 15.2 Å². The van der Waals surface area contributed by atoms with Crippen molar-refractivity contribution in [3.63, 3.8) is 0 Å². The van der Waals surface area contributed by atoms with Gasteiger partial charge < -0.3 is 20.0 Å². The average Bonchev–Trinajstić information content (AvgIpc) is 3.30. The first-order valence-electron chi connectivity index (χ1n) is 10.4. The molecule has 0 amide bonds. The second kappa shape index (κ2) is 9.11. The molecule has 2 aliphatic rings. The smallest absolute Gasteiger partial charge is 0.194 e. The van der Waals surface area contributed by atoms with Crippen molar-refractivity contribution >= 4 is 17.5 Å². The van der Waals surface area contributed by atoms with Gasteiger partial charge in [-0.3, -0.25) is 4.99 Å². The van der Waals surface area contributed by atoms with Crippen LogP contribution in [0, 0.1) is 5.82 Å². The van der Waals surface area contributed by atoms with Gasteiger partial charge >= 0.3 is 0 Å². The SMILES string of the molecule is CN=C(NCc1ccc(N2CCCC2)nc1)N1CCN(c2ccccc2F)CC1. The van der Waals surface area contributed by atoms with Gasteiger partial charge in [0.05, 0.1) is 5.69 Å². The molecule has 0 unspecified atom stereocenters. The topological polar surface area (TPSA) is 47.0 Å². The highest BCUT2D eigenvalue weighted by Crippen LogP contribution is 2.20. The predicted octanol–water partition coefficient (Wildman–Crippen LogP) is 2.72. The zero-order chi connectivity index (χ0) is 20.1. The van der Waals surface area contributed by atoms with Crippen molar-refractivity contribution < 1.29 is 4.39 Å². The third kappa shape index (κ3) is 4.60. The van der Waals surface area contributed by atoms with Gasteiger partial charge in [-0.25, -0.2) is 9.37 Å². The van der Waals surface area contributed by atoms with E-state index in [1.54, 1.807) is 13.1 Å². The van der Waals surface area contributed by atoms with E-state index in [2.05, 4.69) is 42.1 Å². The second-order valence-corrected chi connectivity index (χ2v) is 7.55. The molecule has 2 aromatic rings. The molecule has 3 heterocycles. The molecule has 6 nitrogen and oxygen atoms in total. The molecule has 2 saturated heterocycles. The Balaban J connectivity index is 1.29. The Bertz CT molecular complexity index is 823. The number of para-hydroxylation sites is 1. The second-order valence-electron chi connectivity index (χ2n) is 7.55. The molecular formula is C22H29FN6. The van der Waals surface area contributed by atoms with Crippen molar-refractivity contribution in [3.05, 3.63) is 54.0 Å². The zero-order valence-electron chi connectivity index (χ0n) is 17.0. The number of nitrogens with one attached hydrogen (secondary N) is 1. The van der Waals surface area contributed by atoms with Crippen molar-refractivity contribution in [2.75, 3.05) is 56.1 Å². The first kappa shape index (κ1) is 19.5. The van der Waals surface area contributed by atoms with E-state index < -0.39 is 0 Å². The summed E-state index contributed by atoms with van der Waals surface area (Å²) in [5.74, 6) is 1.79. The molecule has 1 aromatic carbocycles. The lowest BCUT2D eigenvalue weighted by molar-refractivity contribution is 0.370. The van der Waals surface area contributed by atoms with Crippen molar-refractivity contribution in [3.8, 4) is 0 Å². The quantitative estimate of drug-likeness (QED) is 0.636. The highest BCUT2D eigenvalue weighted by Gasteiger charge is 2.21. The van der Waals surface area contributed by atoms with E-state index in [9.17, 15) is 4.39 Å². The van der Waals surface area contributed by atoms with Crippen LogP contribution in [0.15, 0.2) is 47.6 Å². The Morgan fingerprint density at radius 1 is 1.00 bits per heavy atom. The van der Waals surface area contributed by atoms with E-state index >= 15 is 0 Å². The van der Waals surface area contributed by atoms with Crippen LogP contribution >= 0.6 is 0 Å². The molecule has 0 bridgehead atoms. The van der Waals surface area contributed by atoms with Gasteiger partial charge in [-0.05, 0) is 36.6 Å². The van der Waals surface area contributed by atoms with Crippen molar-refractivity contribution in [2.24, 2.45) is 4.99 Å². The molecule has 0 spiro atoms. The molecule has 4 rings (SSSR count). The number of piperazine rings is 1. The molecule has 0 atom stereocenters. The number of rotatable bonds is 4. The molecule has 2 aliphatic heterocycles. The summed E-state index contributed by atoms with van der Waals surface area (Å²) in [6.07, 6.45) is 4.46. The number of benzene rings is 1. The summed E-state index contributed by atoms with van der Waals surface area (Å²) < 4.78 is 14.0. The summed E-state index contributed by atoms with van der Waals surface area (Å²) in [6.45, 7) is 6.06. The normalized spacial score (nSPS) is 17.7. The largest absolute Gasteiger partial charge is 0.366 e. The lowest BCUT2D eigenvalue weighted by Gasteiger charge is -2.37. The van der Waals surface area contributed by atoms with Gasteiger partial charge in [-0.2, -0.15) is 0 Å². The lowest BCUT2D eigenvalue weighted by Crippen LogP contribution is -2.52. The molecule has 1 N–H and O–H groups in total. The minimum Gasteiger partial charge on any atom is -0.366 e. The maximum atomic E-state index is 14.0. The molecule has 0 radical (unpaired) electrons. The number of aromatic nitrogens is 1. The Hall–Kier alpha value is -2.83. The van der Waals surface area contributed by atoms with Crippen LogP contribution in [0.2, 0.25) is 0 Å². The van der Waals surface area contributed by atoms with Crippen LogP contribution in [0.4, 0.5) is 15.9 Å². The molecule has 0 saturated carbocycles. The van der Waals surface area contributed by atoms with Gasteiger partial charge in [0.1, 0.15) is 11.6 Å². The number of halogens is 1. The average molecular weight is 397 g/mol. The Labute approximate surface area is 172 Å². The summed E-state index contributed by atoms with van der Waals surface area (Å²) >= 11 is 0. The zero-order valence-corrected chi connectivity index (χ0v) is 17.0. The number of guanidine groups is 1. The molecule has 2 fully saturated rings. The van der Waals surface area contributed by atoms with Crippen LogP contribution in [0.25, 0.3) is 0 Å². The minimum atomic E-state index is -0.159. The van der Waals surface area contributed by atoms with E-state index in [0.29, 0.717) is 12.2 Å². The lowest BCUT2D eigenvalue weighted by atomic mass is 10.2. The molecule has 1 aromatic heterocycles. The fraction of sp³-hybridized carbons (Fsp3) is 0.455. The van der Waals surface area contributed by atoms with Gasteiger partial charge in [0.15, 0.2) is 5.96 Å². The Morgan fingerprint density at radius 3 is 2.41 bits per heavy atom. The highest BCUT2D eigenvalue weighted by atomic mass is 19.1. The van der Waals surface area contributed by atoms with E-state index in [-0.39, 0.29) is 5.82 Å². The predicted molar refractivity (Wildman–Crippen MR) is 116 cm³/mol. The summed E-state index contributed by atoms with van der Waals surface area (Å²) in [5.41, 5.74) is 1.82. The van der Waals surface area contributed by atoms with Crippen LogP contribution in [0.3, 0.4) is 0 Å². The van der Waals surface area contributed by atoms with Gasteiger partial charge in [0.2, 0.25) is 0 Å². The monoisotopic (exact) mass is 396 g/mol. The van der Waals surface area contributed by atoms with Crippen LogP contribution in [-0.4, -0.2) is 62.2 Å². The van der Waals surface area contributed by atoms with Gasteiger partial charge in [0.25, 0.3) is 0 Å². The van der Waals surface area contributed by atoms with Gasteiger partial charge in [-0.1, -0.05) is 18.2 Å². The van der Waals surface area contributed by atoms with Crippen molar-refractivity contribution in [1.29, 1.82) is 0 Å². The summed E-state index contributed by atoms with van der Waals surface area (Å²) in [4.78, 5) is 15.7. The number of hydrogen-bond donors (Lipinski definition) is 1. The first-order chi connectivity index (χ1) is 14.2. The molecule has 154 valence electrons. The van der Waals surface area contributed by atoms with Gasteiger partial charge in [0, 0.05) is 59.1 Å². The highest BCUT2D eigenvalue weighted by molar-refractivity contribution is 5.80. The summed E-state index contributed by atoms with van der Waals surface area (Å²) in [6, 6.07) is 11.2. The minimum absolute atomic E-state index is 0.159. The fourth-order valence-corrected chi connectivity index (χ4v) is 4.04. The van der Waals surface area contributed by atoms with Crippen LogP contribution < -0.4 is 15.1 Å². The number of pyridine rings is 1. The number of nitrogens with zero attached hydrogens (tertiary/aromatic N) is 5. The van der Waals surface area contributed by atoms with Crippen molar-refractivity contribution in [2.45, 2.75) is 19.4 Å². The number of aliphatic imine (C=N–C) groups is 1. The Kier molecular flexibility index (Phi) is 6.12. The molecular weight excluding hydrogens is 367 g/mol. The Morgan fingerprint density at radius 2 is 1.76 bits per heavy atom. The fourth-order valence-electron chi connectivity index (χ4n) is 4.04. The van der Waals surface area contributed by atoms with E-state index in [0.717, 1.165) is 56.6 Å². The molecule has 7 heteroatoms. The standard InChI is InChI=1S/C22H29FN6/c1-24-22(26-17-18-8-9-21(25-16-18)28-10-4-5-11-28)29-14-12-27(13-15-29)20-7-3-2-6-19(20)23/h2-3,6-9,16H,4-5,10-15,17H2,1H3,(H,24,26). The molecule has 29 heavy (non-hydrogen) atoms. The van der Waals surface area contributed by atoms with E-state index in [4.69, 9.17) is 0 Å². The number of anilines is 2. The third-order valence-electron chi connectivity index (χ3n) is 5.67. The maximum absolute atomic E-state index is 14.0. The van der Waals surface area contributed by atoms with E-state index in [1.807, 2.05) is 18.3 Å². The maximum Gasteiger partial charge on any atom is 0.194 e. The van der Waals surface area contributed by atoms with Crippen LogP contribution in [-0.2, 0) is 6.54 Å². The van der Waals surface area contributed by atoms with Crippen LogP contribution in [0.1, 0.15) is 18.4 Å².